The molecule has 1 aromatic carbocycles. The molecule has 1 aliphatic carbocycles. The molecule has 3 N–H and O–H groups in total. The second-order valence-corrected chi connectivity index (χ2v) is 7.89. The first-order valence-corrected chi connectivity index (χ1v) is 10.6. The second-order valence-electron chi connectivity index (χ2n) is 7.49. The highest BCUT2D eigenvalue weighted by Crippen LogP contribution is 2.30. The number of furan rings is 2. The van der Waals surface area contributed by atoms with Gasteiger partial charge in [-0.15, -0.1) is 0 Å². The van der Waals surface area contributed by atoms with E-state index >= 15 is 0 Å². The number of hydrazone groups is 1. The van der Waals surface area contributed by atoms with Crippen LogP contribution in [-0.4, -0.2) is 23.4 Å². The molecule has 2 aromatic heterocycles. The van der Waals surface area contributed by atoms with Crippen LogP contribution in [0.15, 0.2) is 50.5 Å². The molecule has 170 valence electrons. The smallest absolute Gasteiger partial charge is 0.305 e. The molecule has 1 aliphatic rings. The van der Waals surface area contributed by atoms with Crippen molar-refractivity contribution in [1.29, 1.82) is 0 Å². The fourth-order valence-corrected chi connectivity index (χ4v) is 3.90. The lowest BCUT2D eigenvalue weighted by Gasteiger charge is -2.13. The average Bonchev–Trinajstić information content (AvgIpc) is 3.39. The summed E-state index contributed by atoms with van der Waals surface area (Å²) in [7, 11) is 0. The van der Waals surface area contributed by atoms with Gasteiger partial charge in [-0.25, -0.2) is 5.43 Å². The standard InChI is InChI=1S/C23H21ClN4O5/c1-12-19-17(25-26-21(29)14-10-11-32-13(14)2)8-5-9-18(19)33-20(12)23(31)28-27-22(30)15-6-3-4-7-16(15)24/h3-4,6-7,10-11H,5,8-9H2,1-2H3,(H,26,29)(H,27,30)(H,28,31)/b25-17+. The predicted octanol–water partition coefficient (Wildman–Crippen LogP) is 3.69. The van der Waals surface area contributed by atoms with Crippen LogP contribution < -0.4 is 16.3 Å². The summed E-state index contributed by atoms with van der Waals surface area (Å²) in [6, 6.07) is 8.06. The van der Waals surface area contributed by atoms with Crippen molar-refractivity contribution in [3.05, 3.63) is 81.2 Å². The molecule has 0 aliphatic heterocycles. The molecular formula is C23H21ClN4O5. The molecule has 4 rings (SSSR count). The van der Waals surface area contributed by atoms with Gasteiger partial charge in [-0.05, 0) is 44.9 Å². The number of rotatable bonds is 4. The zero-order valence-corrected chi connectivity index (χ0v) is 18.7. The van der Waals surface area contributed by atoms with Crippen molar-refractivity contribution in [3.63, 3.8) is 0 Å². The Hall–Kier alpha value is -3.85. The number of nitrogens with zero attached hydrogens (tertiary/aromatic N) is 1. The van der Waals surface area contributed by atoms with E-state index in [-0.39, 0.29) is 22.3 Å². The van der Waals surface area contributed by atoms with Crippen molar-refractivity contribution in [1.82, 2.24) is 16.3 Å². The van der Waals surface area contributed by atoms with E-state index in [1.54, 1.807) is 44.2 Å². The van der Waals surface area contributed by atoms with E-state index in [0.29, 0.717) is 46.8 Å². The minimum Gasteiger partial charge on any atom is -0.469 e. The highest BCUT2D eigenvalue weighted by Gasteiger charge is 2.28. The molecule has 0 fully saturated rings. The topological polar surface area (TPSA) is 126 Å². The van der Waals surface area contributed by atoms with E-state index in [4.69, 9.17) is 20.4 Å². The maximum atomic E-state index is 12.7. The van der Waals surface area contributed by atoms with Crippen molar-refractivity contribution in [2.24, 2.45) is 5.10 Å². The molecule has 0 saturated carbocycles. The third-order valence-corrected chi connectivity index (χ3v) is 5.67. The zero-order chi connectivity index (χ0) is 23.5. The Bertz CT molecular complexity index is 1270. The van der Waals surface area contributed by atoms with Crippen LogP contribution in [0.5, 0.6) is 0 Å². The van der Waals surface area contributed by atoms with Gasteiger partial charge >= 0.3 is 5.91 Å². The molecule has 0 spiro atoms. The van der Waals surface area contributed by atoms with E-state index < -0.39 is 11.8 Å². The van der Waals surface area contributed by atoms with Gasteiger partial charge in [0.1, 0.15) is 11.5 Å². The summed E-state index contributed by atoms with van der Waals surface area (Å²) in [6.45, 7) is 3.42. The van der Waals surface area contributed by atoms with Gasteiger partial charge in [0, 0.05) is 17.5 Å². The highest BCUT2D eigenvalue weighted by molar-refractivity contribution is 6.33. The first kappa shape index (κ1) is 22.3. The van der Waals surface area contributed by atoms with Crippen LogP contribution in [0.4, 0.5) is 0 Å². The fraction of sp³-hybridized carbons (Fsp3) is 0.217. The first-order chi connectivity index (χ1) is 15.9. The Morgan fingerprint density at radius 1 is 0.970 bits per heavy atom. The minimum atomic E-state index is -0.611. The molecule has 2 heterocycles. The van der Waals surface area contributed by atoms with Crippen LogP contribution in [0, 0.1) is 13.8 Å². The van der Waals surface area contributed by atoms with E-state index in [1.807, 2.05) is 0 Å². The summed E-state index contributed by atoms with van der Waals surface area (Å²) in [5.74, 6) is -0.390. The number of aryl methyl sites for hydroxylation is 2. The number of hydrazine groups is 1. The Balaban J connectivity index is 1.49. The van der Waals surface area contributed by atoms with Crippen LogP contribution in [0.25, 0.3) is 0 Å². The molecular weight excluding hydrogens is 448 g/mol. The van der Waals surface area contributed by atoms with E-state index in [0.717, 1.165) is 6.42 Å². The monoisotopic (exact) mass is 468 g/mol. The zero-order valence-electron chi connectivity index (χ0n) is 18.0. The third kappa shape index (κ3) is 4.54. The number of halogens is 1. The Morgan fingerprint density at radius 2 is 1.73 bits per heavy atom. The van der Waals surface area contributed by atoms with E-state index in [9.17, 15) is 14.4 Å². The molecule has 0 saturated heterocycles. The van der Waals surface area contributed by atoms with Gasteiger partial charge in [0.25, 0.3) is 11.8 Å². The maximum absolute atomic E-state index is 12.7. The van der Waals surface area contributed by atoms with E-state index in [1.165, 1.54) is 6.26 Å². The lowest BCUT2D eigenvalue weighted by atomic mass is 9.93. The van der Waals surface area contributed by atoms with Crippen LogP contribution >= 0.6 is 11.6 Å². The number of amides is 3. The summed E-state index contributed by atoms with van der Waals surface area (Å²) in [6.07, 6.45) is 3.43. The van der Waals surface area contributed by atoms with Crippen LogP contribution in [-0.2, 0) is 6.42 Å². The Labute approximate surface area is 194 Å². The van der Waals surface area contributed by atoms with E-state index in [2.05, 4.69) is 21.4 Å². The lowest BCUT2D eigenvalue weighted by Crippen LogP contribution is -2.41. The molecule has 0 atom stereocenters. The summed E-state index contributed by atoms with van der Waals surface area (Å²) in [5, 5.41) is 4.54. The molecule has 0 bridgehead atoms. The molecule has 33 heavy (non-hydrogen) atoms. The number of benzene rings is 1. The third-order valence-electron chi connectivity index (χ3n) is 5.34. The second kappa shape index (κ2) is 9.33. The largest absolute Gasteiger partial charge is 0.469 e. The SMILES string of the molecule is Cc1occc1C(=O)N/N=C1\CCCc2oc(C(=O)NNC(=O)c3ccccc3Cl)c(C)c21. The normalized spacial score (nSPS) is 14.0. The number of hydrogen-bond donors (Lipinski definition) is 3. The minimum absolute atomic E-state index is 0.0612. The maximum Gasteiger partial charge on any atom is 0.305 e. The quantitative estimate of drug-likeness (QED) is 0.503. The van der Waals surface area contributed by atoms with Crippen LogP contribution in [0.2, 0.25) is 5.02 Å². The van der Waals surface area contributed by atoms with Gasteiger partial charge in [-0.1, -0.05) is 23.7 Å². The number of carbonyl (C=O) groups excluding carboxylic acids is 3. The van der Waals surface area contributed by atoms with Gasteiger partial charge in [0.05, 0.1) is 28.1 Å². The number of fused-ring (bicyclic) bond motifs is 1. The van der Waals surface area contributed by atoms with Crippen molar-refractivity contribution in [2.45, 2.75) is 33.1 Å². The number of hydrogen-bond acceptors (Lipinski definition) is 6. The van der Waals surface area contributed by atoms with Crippen molar-refractivity contribution in [3.8, 4) is 0 Å². The molecule has 3 aromatic rings. The van der Waals surface area contributed by atoms with Gasteiger partial charge in [0.15, 0.2) is 5.76 Å². The molecule has 3 amide bonds. The lowest BCUT2D eigenvalue weighted by molar-refractivity contribution is 0.0829. The molecule has 0 radical (unpaired) electrons. The van der Waals surface area contributed by atoms with Gasteiger partial charge < -0.3 is 8.83 Å². The van der Waals surface area contributed by atoms with Crippen LogP contribution in [0.3, 0.4) is 0 Å². The van der Waals surface area contributed by atoms with Gasteiger partial charge in [-0.3, -0.25) is 25.2 Å². The highest BCUT2D eigenvalue weighted by atomic mass is 35.5. The predicted molar refractivity (Wildman–Crippen MR) is 120 cm³/mol. The molecule has 9 nitrogen and oxygen atoms in total. The Kier molecular flexibility index (Phi) is 6.32. The summed E-state index contributed by atoms with van der Waals surface area (Å²) in [5.41, 5.74) is 9.74. The van der Waals surface area contributed by atoms with Crippen LogP contribution in [0.1, 0.15) is 66.8 Å². The Morgan fingerprint density at radius 3 is 2.45 bits per heavy atom. The number of carbonyl (C=O) groups is 3. The first-order valence-electron chi connectivity index (χ1n) is 10.3. The average molecular weight is 469 g/mol. The summed E-state index contributed by atoms with van der Waals surface area (Å²) >= 11 is 6.01. The summed E-state index contributed by atoms with van der Waals surface area (Å²) in [4.78, 5) is 37.3. The number of nitrogens with one attached hydrogen (secondary N) is 3. The fourth-order valence-electron chi connectivity index (χ4n) is 3.68. The van der Waals surface area contributed by atoms with Crippen molar-refractivity contribution in [2.75, 3.05) is 0 Å². The summed E-state index contributed by atoms with van der Waals surface area (Å²) < 4.78 is 10.9. The molecule has 0 unspecified atom stereocenters. The van der Waals surface area contributed by atoms with Crippen molar-refractivity contribution >= 4 is 35.0 Å². The van der Waals surface area contributed by atoms with Gasteiger partial charge in [-0.2, -0.15) is 5.10 Å². The van der Waals surface area contributed by atoms with Gasteiger partial charge in [0.2, 0.25) is 0 Å². The van der Waals surface area contributed by atoms with Crippen molar-refractivity contribution < 1.29 is 23.2 Å². The molecule has 10 heteroatoms.